The molecule has 0 heterocycles. The number of benzene rings is 2. The maximum absolute atomic E-state index is 6.20. The quantitative estimate of drug-likeness (QED) is 0.596. The van der Waals surface area contributed by atoms with Crippen LogP contribution >= 0.6 is 46.4 Å². The molecule has 0 nitrogen and oxygen atoms in total. The Kier molecular flexibility index (Phi) is 4.45. The van der Waals surface area contributed by atoms with Gasteiger partial charge in [0.05, 0.1) is 0 Å². The second-order valence-electron chi connectivity index (χ2n) is 4.05. The molecule has 0 aliphatic rings. The van der Waals surface area contributed by atoms with Crippen LogP contribution in [0.1, 0.15) is 24.0 Å². The van der Waals surface area contributed by atoms with Crippen molar-refractivity contribution in [1.29, 1.82) is 0 Å². The van der Waals surface area contributed by atoms with Gasteiger partial charge in [-0.25, -0.2) is 0 Å². The minimum atomic E-state index is 0.0829. The number of halogens is 4. The van der Waals surface area contributed by atoms with Crippen LogP contribution in [-0.4, -0.2) is 0 Å². The lowest BCUT2D eigenvalue weighted by atomic mass is 9.93. The molecule has 0 bridgehead atoms. The van der Waals surface area contributed by atoms with Gasteiger partial charge in [0.25, 0.3) is 0 Å². The van der Waals surface area contributed by atoms with Crippen LogP contribution in [0.5, 0.6) is 0 Å². The molecule has 0 saturated carbocycles. The zero-order chi connectivity index (χ0) is 13.3. The first-order valence-corrected chi connectivity index (χ1v) is 6.90. The van der Waals surface area contributed by atoms with Crippen LogP contribution in [0.2, 0.25) is 20.1 Å². The summed E-state index contributed by atoms with van der Waals surface area (Å²) < 4.78 is 0. The van der Waals surface area contributed by atoms with Crippen LogP contribution in [0.4, 0.5) is 0 Å². The second-order valence-corrected chi connectivity index (χ2v) is 5.74. The molecule has 2 aromatic carbocycles. The van der Waals surface area contributed by atoms with Gasteiger partial charge in [0.15, 0.2) is 0 Å². The summed E-state index contributed by atoms with van der Waals surface area (Å²) in [5.41, 5.74) is 1.98. The van der Waals surface area contributed by atoms with Crippen LogP contribution in [0.3, 0.4) is 0 Å². The Morgan fingerprint density at radius 1 is 0.722 bits per heavy atom. The monoisotopic (exact) mass is 318 g/mol. The van der Waals surface area contributed by atoms with Crippen molar-refractivity contribution < 1.29 is 0 Å². The van der Waals surface area contributed by atoms with Crippen LogP contribution in [0, 0.1) is 0 Å². The Balaban J connectivity index is 2.44. The summed E-state index contributed by atoms with van der Waals surface area (Å²) in [6.45, 7) is 2.05. The Labute approximate surface area is 126 Å². The fraction of sp³-hybridized carbons (Fsp3) is 0.143. The van der Waals surface area contributed by atoms with Crippen LogP contribution < -0.4 is 0 Å². The SMILES string of the molecule is CC(c1ccc(Cl)cc1Cl)c1ccc(Cl)cc1Cl. The Morgan fingerprint density at radius 3 is 1.44 bits per heavy atom. The van der Waals surface area contributed by atoms with Crippen molar-refractivity contribution in [3.05, 3.63) is 67.6 Å². The molecular formula is C14H10Cl4. The van der Waals surface area contributed by atoms with E-state index in [-0.39, 0.29) is 5.92 Å². The van der Waals surface area contributed by atoms with Crippen molar-refractivity contribution in [2.24, 2.45) is 0 Å². The summed E-state index contributed by atoms with van der Waals surface area (Å²) in [4.78, 5) is 0. The molecule has 0 radical (unpaired) electrons. The van der Waals surface area contributed by atoms with E-state index in [1.165, 1.54) is 0 Å². The molecule has 4 heteroatoms. The smallest absolute Gasteiger partial charge is 0.0458 e. The van der Waals surface area contributed by atoms with Crippen molar-refractivity contribution in [1.82, 2.24) is 0 Å². The fourth-order valence-corrected chi connectivity index (χ4v) is 3.02. The van der Waals surface area contributed by atoms with E-state index in [9.17, 15) is 0 Å². The van der Waals surface area contributed by atoms with E-state index in [2.05, 4.69) is 0 Å². The van der Waals surface area contributed by atoms with Crippen molar-refractivity contribution in [2.45, 2.75) is 12.8 Å². The molecule has 0 saturated heterocycles. The first kappa shape index (κ1) is 14.0. The van der Waals surface area contributed by atoms with Gasteiger partial charge in [-0.1, -0.05) is 65.5 Å². The Morgan fingerprint density at radius 2 is 1.11 bits per heavy atom. The first-order valence-electron chi connectivity index (χ1n) is 5.39. The molecule has 18 heavy (non-hydrogen) atoms. The van der Waals surface area contributed by atoms with Gasteiger partial charge >= 0.3 is 0 Å². The number of hydrogen-bond donors (Lipinski definition) is 0. The summed E-state index contributed by atoms with van der Waals surface area (Å²) in [5, 5.41) is 2.53. The highest BCUT2D eigenvalue weighted by molar-refractivity contribution is 6.36. The lowest BCUT2D eigenvalue weighted by molar-refractivity contribution is 0.923. The average Bonchev–Trinajstić information content (AvgIpc) is 2.28. The lowest BCUT2D eigenvalue weighted by Gasteiger charge is -2.16. The normalized spacial score (nSPS) is 11.0. The number of rotatable bonds is 2. The van der Waals surface area contributed by atoms with E-state index in [1.807, 2.05) is 31.2 Å². The van der Waals surface area contributed by atoms with E-state index >= 15 is 0 Å². The van der Waals surface area contributed by atoms with Crippen LogP contribution in [-0.2, 0) is 0 Å². The van der Waals surface area contributed by atoms with Gasteiger partial charge in [0.1, 0.15) is 0 Å². The molecule has 0 aromatic heterocycles. The summed E-state index contributed by atoms with van der Waals surface area (Å²) in [5.74, 6) is 0.0829. The molecule has 0 atom stereocenters. The van der Waals surface area contributed by atoms with Gasteiger partial charge in [-0.15, -0.1) is 0 Å². The first-order chi connectivity index (χ1) is 8.49. The molecule has 0 aliphatic carbocycles. The van der Waals surface area contributed by atoms with Gasteiger partial charge in [-0.2, -0.15) is 0 Å². The minimum Gasteiger partial charge on any atom is -0.0843 e. The molecule has 0 amide bonds. The second kappa shape index (κ2) is 5.71. The molecular weight excluding hydrogens is 310 g/mol. The van der Waals surface area contributed by atoms with Gasteiger partial charge in [-0.05, 0) is 35.4 Å². The fourth-order valence-electron chi connectivity index (χ4n) is 1.87. The summed E-state index contributed by atoms with van der Waals surface area (Å²) in [6, 6.07) is 10.9. The van der Waals surface area contributed by atoms with Gasteiger partial charge in [-0.3, -0.25) is 0 Å². The summed E-state index contributed by atoms with van der Waals surface area (Å²) in [7, 11) is 0. The van der Waals surface area contributed by atoms with Crippen LogP contribution in [0.25, 0.3) is 0 Å². The van der Waals surface area contributed by atoms with E-state index in [0.717, 1.165) is 11.1 Å². The maximum Gasteiger partial charge on any atom is 0.0458 e. The maximum atomic E-state index is 6.20. The predicted molar refractivity (Wildman–Crippen MR) is 80.4 cm³/mol. The molecule has 0 N–H and O–H groups in total. The standard InChI is InChI=1S/C14H10Cl4/c1-8(11-4-2-9(15)6-13(11)17)12-5-3-10(16)7-14(12)18/h2-8H,1H3. The predicted octanol–water partition coefficient (Wildman–Crippen LogP) is 6.45. The largest absolute Gasteiger partial charge is 0.0843 e. The van der Waals surface area contributed by atoms with Gasteiger partial charge < -0.3 is 0 Å². The highest BCUT2D eigenvalue weighted by Gasteiger charge is 2.15. The van der Waals surface area contributed by atoms with E-state index in [4.69, 9.17) is 46.4 Å². The molecule has 94 valence electrons. The van der Waals surface area contributed by atoms with Crippen molar-refractivity contribution in [3.8, 4) is 0 Å². The minimum absolute atomic E-state index is 0.0829. The third kappa shape index (κ3) is 2.95. The van der Waals surface area contributed by atoms with E-state index in [0.29, 0.717) is 20.1 Å². The summed E-state index contributed by atoms with van der Waals surface area (Å²) >= 11 is 24.2. The molecule has 0 aliphatic heterocycles. The number of hydrogen-bond acceptors (Lipinski definition) is 0. The molecule has 0 spiro atoms. The third-order valence-corrected chi connectivity index (χ3v) is 3.98. The highest BCUT2D eigenvalue weighted by atomic mass is 35.5. The van der Waals surface area contributed by atoms with Crippen molar-refractivity contribution >= 4 is 46.4 Å². The highest BCUT2D eigenvalue weighted by Crippen LogP contribution is 2.35. The van der Waals surface area contributed by atoms with Gasteiger partial charge in [0, 0.05) is 26.0 Å². The zero-order valence-electron chi connectivity index (χ0n) is 9.55. The lowest BCUT2D eigenvalue weighted by Crippen LogP contribution is -1.98. The van der Waals surface area contributed by atoms with Crippen molar-refractivity contribution in [3.63, 3.8) is 0 Å². The average molecular weight is 320 g/mol. The van der Waals surface area contributed by atoms with E-state index < -0.39 is 0 Å². The molecule has 0 unspecified atom stereocenters. The molecule has 2 rings (SSSR count). The van der Waals surface area contributed by atoms with Crippen molar-refractivity contribution in [2.75, 3.05) is 0 Å². The summed E-state index contributed by atoms with van der Waals surface area (Å²) in [6.07, 6.45) is 0. The van der Waals surface area contributed by atoms with Gasteiger partial charge in [0.2, 0.25) is 0 Å². The Bertz CT molecular complexity index is 527. The van der Waals surface area contributed by atoms with E-state index in [1.54, 1.807) is 12.1 Å². The topological polar surface area (TPSA) is 0 Å². The zero-order valence-corrected chi connectivity index (χ0v) is 12.6. The third-order valence-electron chi connectivity index (χ3n) is 2.86. The van der Waals surface area contributed by atoms with Crippen LogP contribution in [0.15, 0.2) is 36.4 Å². The molecule has 0 fully saturated rings. The Hall–Kier alpha value is -0.400. The molecule has 2 aromatic rings.